The van der Waals surface area contributed by atoms with Gasteiger partial charge in [0.25, 0.3) is 11.8 Å². The summed E-state index contributed by atoms with van der Waals surface area (Å²) in [4.78, 5) is 28.8. The Kier molecular flexibility index (Phi) is 7.19. The van der Waals surface area contributed by atoms with Gasteiger partial charge in [-0.25, -0.2) is 4.98 Å². The van der Waals surface area contributed by atoms with Crippen molar-refractivity contribution < 1.29 is 19.1 Å². The molecule has 0 aliphatic heterocycles. The fourth-order valence-electron chi connectivity index (χ4n) is 3.29. The molecule has 0 saturated carbocycles. The third-order valence-electron chi connectivity index (χ3n) is 4.95. The van der Waals surface area contributed by atoms with Crippen LogP contribution in [-0.2, 0) is 11.3 Å². The second-order valence-electron chi connectivity index (χ2n) is 7.48. The van der Waals surface area contributed by atoms with E-state index in [-0.39, 0.29) is 18.4 Å². The van der Waals surface area contributed by atoms with E-state index >= 15 is 0 Å². The summed E-state index contributed by atoms with van der Waals surface area (Å²) in [6.07, 6.45) is 5.36. The topological polar surface area (TPSA) is 94.5 Å². The van der Waals surface area contributed by atoms with Crippen LogP contribution in [0.5, 0.6) is 11.5 Å². The van der Waals surface area contributed by atoms with Crippen LogP contribution in [0.25, 0.3) is 0 Å². The van der Waals surface area contributed by atoms with Crippen LogP contribution < -0.4 is 20.1 Å². The standard InChI is InChI=1S/C26H24N4O4/c1-33-24-7-3-6-22(15-24)28-25(31)17-34-23-10-8-20(9-11-23)26(32)29-21-5-2-4-19(14-21)16-30-13-12-27-18-30/h2-15,18H,16-17H2,1H3,(H,28,31)(H,29,32). The van der Waals surface area contributed by atoms with Crippen LogP contribution in [0.4, 0.5) is 11.4 Å². The molecule has 8 heteroatoms. The average molecular weight is 457 g/mol. The molecule has 0 aliphatic carbocycles. The Balaban J connectivity index is 1.29. The third kappa shape index (κ3) is 6.23. The molecule has 8 nitrogen and oxygen atoms in total. The van der Waals surface area contributed by atoms with E-state index in [0.717, 1.165) is 5.56 Å². The van der Waals surface area contributed by atoms with Crippen molar-refractivity contribution in [2.75, 3.05) is 24.4 Å². The van der Waals surface area contributed by atoms with E-state index in [4.69, 9.17) is 9.47 Å². The minimum absolute atomic E-state index is 0.160. The molecule has 0 unspecified atom stereocenters. The average Bonchev–Trinajstić information content (AvgIpc) is 3.36. The quantitative estimate of drug-likeness (QED) is 0.394. The van der Waals surface area contributed by atoms with Crippen molar-refractivity contribution in [3.05, 3.63) is 103 Å². The zero-order valence-corrected chi connectivity index (χ0v) is 18.6. The summed E-state index contributed by atoms with van der Waals surface area (Å²) in [5, 5.41) is 5.65. The highest BCUT2D eigenvalue weighted by atomic mass is 16.5. The van der Waals surface area contributed by atoms with Crippen molar-refractivity contribution in [1.29, 1.82) is 0 Å². The zero-order valence-electron chi connectivity index (χ0n) is 18.6. The number of aromatic nitrogens is 2. The number of amides is 2. The molecule has 1 aromatic heterocycles. The van der Waals surface area contributed by atoms with Crippen molar-refractivity contribution >= 4 is 23.2 Å². The van der Waals surface area contributed by atoms with Gasteiger partial charge in [0, 0.05) is 41.9 Å². The van der Waals surface area contributed by atoms with Crippen molar-refractivity contribution in [3.8, 4) is 11.5 Å². The smallest absolute Gasteiger partial charge is 0.262 e. The van der Waals surface area contributed by atoms with Crippen molar-refractivity contribution in [3.63, 3.8) is 0 Å². The Morgan fingerprint density at radius 2 is 1.68 bits per heavy atom. The summed E-state index contributed by atoms with van der Waals surface area (Å²) in [6, 6.07) is 21.3. The number of carbonyl (C=O) groups excluding carboxylic acids is 2. The van der Waals surface area contributed by atoms with E-state index in [9.17, 15) is 9.59 Å². The first-order valence-electron chi connectivity index (χ1n) is 10.6. The van der Waals surface area contributed by atoms with E-state index in [1.54, 1.807) is 68.2 Å². The van der Waals surface area contributed by atoms with Gasteiger partial charge < -0.3 is 24.7 Å². The summed E-state index contributed by atoms with van der Waals surface area (Å²) in [6.45, 7) is 0.508. The molecule has 1 heterocycles. The van der Waals surface area contributed by atoms with Crippen molar-refractivity contribution in [2.45, 2.75) is 6.54 Å². The molecule has 0 bridgehead atoms. The minimum atomic E-state index is -0.300. The third-order valence-corrected chi connectivity index (χ3v) is 4.95. The Morgan fingerprint density at radius 1 is 0.912 bits per heavy atom. The lowest BCUT2D eigenvalue weighted by Crippen LogP contribution is -2.20. The number of nitrogens with one attached hydrogen (secondary N) is 2. The maximum absolute atomic E-state index is 12.6. The lowest BCUT2D eigenvalue weighted by molar-refractivity contribution is -0.118. The van der Waals surface area contributed by atoms with Crippen molar-refractivity contribution in [2.24, 2.45) is 0 Å². The SMILES string of the molecule is COc1cccc(NC(=O)COc2ccc(C(=O)Nc3cccc(Cn4ccnc4)c3)cc2)c1. The monoisotopic (exact) mass is 456 g/mol. The molecule has 0 radical (unpaired) electrons. The maximum Gasteiger partial charge on any atom is 0.262 e. The fraction of sp³-hybridized carbons (Fsp3) is 0.115. The molecular weight excluding hydrogens is 432 g/mol. The van der Waals surface area contributed by atoms with Gasteiger partial charge in [-0.3, -0.25) is 9.59 Å². The van der Waals surface area contributed by atoms with Gasteiger partial charge in [-0.05, 0) is 54.1 Å². The van der Waals surface area contributed by atoms with Crippen LogP contribution in [0.3, 0.4) is 0 Å². The molecule has 34 heavy (non-hydrogen) atoms. The largest absolute Gasteiger partial charge is 0.497 e. The Labute approximate surface area is 197 Å². The van der Waals surface area contributed by atoms with E-state index in [2.05, 4.69) is 15.6 Å². The number of benzene rings is 3. The minimum Gasteiger partial charge on any atom is -0.497 e. The van der Waals surface area contributed by atoms with Gasteiger partial charge in [0.1, 0.15) is 11.5 Å². The summed E-state index contributed by atoms with van der Waals surface area (Å²) in [5.41, 5.74) is 2.85. The zero-order chi connectivity index (χ0) is 23.8. The molecule has 2 N–H and O–H groups in total. The van der Waals surface area contributed by atoms with Crippen LogP contribution in [0.2, 0.25) is 0 Å². The van der Waals surface area contributed by atoms with Crippen LogP contribution in [0, 0.1) is 0 Å². The molecule has 2 amide bonds. The summed E-state index contributed by atoms with van der Waals surface area (Å²) in [7, 11) is 1.56. The highest BCUT2D eigenvalue weighted by Gasteiger charge is 2.09. The van der Waals surface area contributed by atoms with E-state index in [1.165, 1.54) is 0 Å². The lowest BCUT2D eigenvalue weighted by atomic mass is 10.1. The van der Waals surface area contributed by atoms with Gasteiger partial charge in [-0.2, -0.15) is 0 Å². The predicted octanol–water partition coefficient (Wildman–Crippen LogP) is 4.21. The van der Waals surface area contributed by atoms with Gasteiger partial charge in [0.15, 0.2) is 6.61 Å². The molecule has 0 saturated heterocycles. The number of carbonyl (C=O) groups is 2. The van der Waals surface area contributed by atoms with Gasteiger partial charge in [-0.15, -0.1) is 0 Å². The molecule has 0 aliphatic rings. The molecule has 0 spiro atoms. The fourth-order valence-corrected chi connectivity index (χ4v) is 3.29. The summed E-state index contributed by atoms with van der Waals surface area (Å²) >= 11 is 0. The normalized spacial score (nSPS) is 10.4. The van der Waals surface area contributed by atoms with Gasteiger partial charge in [0.05, 0.1) is 13.4 Å². The van der Waals surface area contributed by atoms with Gasteiger partial charge in [-0.1, -0.05) is 18.2 Å². The van der Waals surface area contributed by atoms with Crippen LogP contribution >= 0.6 is 0 Å². The van der Waals surface area contributed by atoms with E-state index in [0.29, 0.717) is 35.0 Å². The van der Waals surface area contributed by atoms with Gasteiger partial charge >= 0.3 is 0 Å². The number of nitrogens with zero attached hydrogens (tertiary/aromatic N) is 2. The van der Waals surface area contributed by atoms with E-state index < -0.39 is 0 Å². The second kappa shape index (κ2) is 10.8. The summed E-state index contributed by atoms with van der Waals surface area (Å²) in [5.74, 6) is 0.602. The molecule has 172 valence electrons. The van der Waals surface area contributed by atoms with Gasteiger partial charge in [0.2, 0.25) is 0 Å². The number of rotatable bonds is 9. The van der Waals surface area contributed by atoms with Crippen LogP contribution in [0.1, 0.15) is 15.9 Å². The number of hydrogen-bond donors (Lipinski definition) is 2. The van der Waals surface area contributed by atoms with Crippen LogP contribution in [0.15, 0.2) is 91.5 Å². The number of ether oxygens (including phenoxy) is 2. The first-order valence-corrected chi connectivity index (χ1v) is 10.6. The summed E-state index contributed by atoms with van der Waals surface area (Å²) < 4.78 is 12.6. The lowest BCUT2D eigenvalue weighted by Gasteiger charge is -2.10. The highest BCUT2D eigenvalue weighted by molar-refractivity contribution is 6.04. The number of imidazole rings is 1. The maximum atomic E-state index is 12.6. The molecule has 4 aromatic rings. The van der Waals surface area contributed by atoms with E-state index in [1.807, 2.05) is 35.0 Å². The highest BCUT2D eigenvalue weighted by Crippen LogP contribution is 2.18. The number of hydrogen-bond acceptors (Lipinski definition) is 5. The van der Waals surface area contributed by atoms with Crippen LogP contribution in [-0.4, -0.2) is 35.1 Å². The first-order chi connectivity index (χ1) is 16.6. The Morgan fingerprint density at radius 3 is 2.41 bits per heavy atom. The predicted molar refractivity (Wildman–Crippen MR) is 129 cm³/mol. The van der Waals surface area contributed by atoms with Crippen molar-refractivity contribution in [1.82, 2.24) is 9.55 Å². The molecule has 0 atom stereocenters. The number of anilines is 2. The molecule has 4 rings (SSSR count). The molecule has 0 fully saturated rings. The first kappa shape index (κ1) is 22.6. The Hall–Kier alpha value is -4.59. The second-order valence-corrected chi connectivity index (χ2v) is 7.48. The molecule has 3 aromatic carbocycles. The Bertz CT molecular complexity index is 1250. The number of methoxy groups -OCH3 is 1. The molecular formula is C26H24N4O4.